The maximum absolute atomic E-state index is 13.7. The first-order valence-electron chi connectivity index (χ1n) is 11.6. The van der Waals surface area contributed by atoms with E-state index in [-0.39, 0.29) is 5.91 Å². The van der Waals surface area contributed by atoms with E-state index in [0.717, 1.165) is 16.7 Å². The Morgan fingerprint density at radius 3 is 2.47 bits per heavy atom. The maximum Gasteiger partial charge on any atom is 0.255 e. The van der Waals surface area contributed by atoms with Crippen molar-refractivity contribution >= 4 is 17.5 Å². The van der Waals surface area contributed by atoms with Gasteiger partial charge >= 0.3 is 0 Å². The second kappa shape index (κ2) is 9.58. The van der Waals surface area contributed by atoms with Gasteiger partial charge in [0.2, 0.25) is 5.95 Å². The topological polar surface area (TPSA) is 90.3 Å². The number of ether oxygens (including phenoxy) is 2. The normalized spacial score (nSPS) is 14.6. The van der Waals surface area contributed by atoms with Crippen LogP contribution in [0.5, 0.6) is 11.5 Å². The predicted molar refractivity (Wildman–Crippen MR) is 139 cm³/mol. The van der Waals surface area contributed by atoms with E-state index in [0.29, 0.717) is 40.2 Å². The quantitative estimate of drug-likeness (QED) is 0.394. The number of nitrogens with one attached hydrogen (secondary N) is 2. The molecular formula is C28H27N5O3. The van der Waals surface area contributed by atoms with Crippen LogP contribution in [0, 0.1) is 6.92 Å². The molecule has 1 atom stereocenters. The summed E-state index contributed by atoms with van der Waals surface area (Å²) in [7, 11) is 3.17. The number of amides is 1. The molecule has 36 heavy (non-hydrogen) atoms. The fourth-order valence-electron chi connectivity index (χ4n) is 4.49. The molecular weight excluding hydrogens is 454 g/mol. The molecule has 0 radical (unpaired) electrons. The van der Waals surface area contributed by atoms with Crippen molar-refractivity contribution in [3.63, 3.8) is 0 Å². The Morgan fingerprint density at radius 1 is 0.972 bits per heavy atom. The van der Waals surface area contributed by atoms with Crippen LogP contribution in [-0.2, 0) is 4.79 Å². The summed E-state index contributed by atoms with van der Waals surface area (Å²) < 4.78 is 13.1. The van der Waals surface area contributed by atoms with Crippen molar-refractivity contribution in [3.8, 4) is 22.9 Å². The number of para-hydroxylation sites is 2. The third-order valence-corrected chi connectivity index (χ3v) is 6.13. The summed E-state index contributed by atoms with van der Waals surface area (Å²) in [4.78, 5) is 18.5. The number of hydrogen-bond donors (Lipinski definition) is 2. The van der Waals surface area contributed by atoms with Crippen LogP contribution in [0.2, 0.25) is 0 Å². The van der Waals surface area contributed by atoms with Gasteiger partial charge < -0.3 is 20.1 Å². The lowest BCUT2D eigenvalue weighted by Crippen LogP contribution is -2.31. The van der Waals surface area contributed by atoms with Gasteiger partial charge in [0.05, 0.1) is 19.8 Å². The molecule has 8 heteroatoms. The number of allylic oxidation sites excluding steroid dienone is 1. The van der Waals surface area contributed by atoms with Crippen LogP contribution in [0.15, 0.2) is 84.1 Å². The van der Waals surface area contributed by atoms with Crippen molar-refractivity contribution in [3.05, 3.63) is 95.2 Å². The minimum absolute atomic E-state index is 0.251. The summed E-state index contributed by atoms with van der Waals surface area (Å²) in [5.41, 5.74) is 4.61. The molecule has 182 valence electrons. The second-order valence-electron chi connectivity index (χ2n) is 8.54. The van der Waals surface area contributed by atoms with E-state index in [4.69, 9.17) is 19.6 Å². The van der Waals surface area contributed by atoms with Crippen LogP contribution in [-0.4, -0.2) is 34.9 Å². The lowest BCUT2D eigenvalue weighted by molar-refractivity contribution is -0.113. The van der Waals surface area contributed by atoms with E-state index < -0.39 is 6.04 Å². The summed E-state index contributed by atoms with van der Waals surface area (Å²) in [5.74, 6) is 1.94. The van der Waals surface area contributed by atoms with Crippen molar-refractivity contribution in [2.45, 2.75) is 19.9 Å². The molecule has 8 nitrogen and oxygen atoms in total. The first kappa shape index (κ1) is 23.2. The van der Waals surface area contributed by atoms with Gasteiger partial charge in [0.1, 0.15) is 6.04 Å². The van der Waals surface area contributed by atoms with Crippen molar-refractivity contribution in [1.29, 1.82) is 0 Å². The Labute approximate surface area is 209 Å². The largest absolute Gasteiger partial charge is 0.493 e. The number of anilines is 2. The lowest BCUT2D eigenvalue weighted by Gasteiger charge is -2.30. The van der Waals surface area contributed by atoms with Gasteiger partial charge in [-0.25, -0.2) is 4.68 Å². The molecule has 0 saturated heterocycles. The molecule has 2 heterocycles. The number of aryl methyl sites for hydroxylation is 1. The number of carbonyl (C=O) groups is 1. The van der Waals surface area contributed by atoms with E-state index >= 15 is 0 Å². The molecule has 0 saturated carbocycles. The van der Waals surface area contributed by atoms with E-state index in [2.05, 4.69) is 10.6 Å². The summed E-state index contributed by atoms with van der Waals surface area (Å²) in [6, 6.07) is 22.4. The van der Waals surface area contributed by atoms with Crippen molar-refractivity contribution in [2.75, 3.05) is 24.9 Å². The first-order chi connectivity index (χ1) is 17.5. The number of hydrogen-bond acceptors (Lipinski definition) is 6. The molecule has 1 aliphatic rings. The predicted octanol–water partition coefficient (Wildman–Crippen LogP) is 5.20. The molecule has 5 rings (SSSR count). The fraction of sp³-hybridized carbons (Fsp3) is 0.179. The Kier molecular flexibility index (Phi) is 6.16. The molecule has 0 fully saturated rings. The number of aromatic nitrogens is 3. The van der Waals surface area contributed by atoms with Gasteiger partial charge in [-0.2, -0.15) is 4.98 Å². The van der Waals surface area contributed by atoms with Gasteiger partial charge in [0.25, 0.3) is 5.91 Å². The fourth-order valence-corrected chi connectivity index (χ4v) is 4.49. The highest BCUT2D eigenvalue weighted by Crippen LogP contribution is 2.43. The van der Waals surface area contributed by atoms with Gasteiger partial charge in [-0.3, -0.25) is 4.79 Å². The molecule has 4 aromatic rings. The van der Waals surface area contributed by atoms with E-state index in [9.17, 15) is 4.79 Å². The van der Waals surface area contributed by atoms with Gasteiger partial charge in [0.15, 0.2) is 17.3 Å². The van der Waals surface area contributed by atoms with E-state index in [1.807, 2.05) is 86.6 Å². The van der Waals surface area contributed by atoms with Crippen LogP contribution in [0.25, 0.3) is 11.4 Å². The third kappa shape index (κ3) is 4.17. The monoisotopic (exact) mass is 481 g/mol. The molecule has 2 N–H and O–H groups in total. The van der Waals surface area contributed by atoms with Crippen molar-refractivity contribution in [1.82, 2.24) is 14.8 Å². The number of rotatable bonds is 6. The first-order valence-corrected chi connectivity index (χ1v) is 11.6. The average molecular weight is 482 g/mol. The molecule has 1 unspecified atom stereocenters. The minimum atomic E-state index is -0.610. The Morgan fingerprint density at radius 2 is 1.75 bits per heavy atom. The zero-order valence-corrected chi connectivity index (χ0v) is 20.6. The summed E-state index contributed by atoms with van der Waals surface area (Å²) in [6.45, 7) is 3.89. The summed E-state index contributed by atoms with van der Waals surface area (Å²) >= 11 is 0. The van der Waals surface area contributed by atoms with Crippen molar-refractivity contribution < 1.29 is 14.3 Å². The molecule has 3 aromatic carbocycles. The Balaban J connectivity index is 1.67. The minimum Gasteiger partial charge on any atom is -0.493 e. The van der Waals surface area contributed by atoms with Gasteiger partial charge in [-0.1, -0.05) is 54.1 Å². The third-order valence-electron chi connectivity index (χ3n) is 6.13. The molecule has 0 spiro atoms. The number of methoxy groups -OCH3 is 2. The van der Waals surface area contributed by atoms with Crippen LogP contribution < -0.4 is 20.1 Å². The van der Waals surface area contributed by atoms with E-state index in [1.54, 1.807) is 18.9 Å². The highest BCUT2D eigenvalue weighted by atomic mass is 16.5. The van der Waals surface area contributed by atoms with Crippen LogP contribution in [0.3, 0.4) is 0 Å². The smallest absolute Gasteiger partial charge is 0.255 e. The average Bonchev–Trinajstić information content (AvgIpc) is 3.31. The van der Waals surface area contributed by atoms with Gasteiger partial charge in [-0.15, -0.1) is 5.10 Å². The molecule has 0 bridgehead atoms. The highest BCUT2D eigenvalue weighted by Gasteiger charge is 2.36. The Bertz CT molecular complexity index is 1460. The Hall–Kier alpha value is -4.59. The van der Waals surface area contributed by atoms with Crippen LogP contribution >= 0.6 is 0 Å². The second-order valence-corrected chi connectivity index (χ2v) is 8.54. The SMILES string of the molecule is COc1cccc(C2C(C(=O)Nc3ccccc3)=C(C)Nc3nc(-c4cccc(C)c4)nn32)c1OC. The number of benzene rings is 3. The summed E-state index contributed by atoms with van der Waals surface area (Å²) in [6.07, 6.45) is 0. The molecule has 1 amide bonds. The van der Waals surface area contributed by atoms with E-state index in [1.165, 1.54) is 0 Å². The van der Waals surface area contributed by atoms with Gasteiger partial charge in [0, 0.05) is 22.5 Å². The molecule has 1 aromatic heterocycles. The maximum atomic E-state index is 13.7. The van der Waals surface area contributed by atoms with Crippen LogP contribution in [0.4, 0.5) is 11.6 Å². The molecule has 1 aliphatic heterocycles. The molecule has 0 aliphatic carbocycles. The number of carbonyl (C=O) groups excluding carboxylic acids is 1. The highest BCUT2D eigenvalue weighted by molar-refractivity contribution is 6.06. The zero-order chi connectivity index (χ0) is 25.2. The van der Waals surface area contributed by atoms with Gasteiger partial charge in [-0.05, 0) is 38.1 Å². The van der Waals surface area contributed by atoms with Crippen LogP contribution in [0.1, 0.15) is 24.1 Å². The number of fused-ring (bicyclic) bond motifs is 1. The van der Waals surface area contributed by atoms with Crippen molar-refractivity contribution in [2.24, 2.45) is 0 Å². The summed E-state index contributed by atoms with van der Waals surface area (Å²) in [5, 5.41) is 11.2. The zero-order valence-electron chi connectivity index (χ0n) is 20.6. The lowest BCUT2D eigenvalue weighted by atomic mass is 9.94. The number of nitrogens with zero attached hydrogens (tertiary/aromatic N) is 3. The standard InChI is InChI=1S/C28H27N5O3/c1-17-10-8-11-19(16-17)26-31-28-29-18(2)23(27(34)30-20-12-6-5-7-13-20)24(33(28)32-26)21-14-9-15-22(35-3)25(21)36-4/h5-16,24H,1-4H3,(H,30,34)(H,29,31,32).